The fourth-order valence-electron chi connectivity index (χ4n) is 2.01. The summed E-state index contributed by atoms with van der Waals surface area (Å²) in [4.78, 5) is 0. The van der Waals surface area contributed by atoms with Crippen molar-refractivity contribution in [2.75, 3.05) is 5.73 Å². The van der Waals surface area contributed by atoms with Crippen LogP contribution >= 0.6 is 0 Å². The zero-order valence-electron chi connectivity index (χ0n) is 12.9. The van der Waals surface area contributed by atoms with Gasteiger partial charge in [-0.15, -0.1) is 5.10 Å². The van der Waals surface area contributed by atoms with E-state index in [1.807, 2.05) is 0 Å². The van der Waals surface area contributed by atoms with Crippen molar-refractivity contribution in [3.8, 4) is 5.82 Å². The highest BCUT2D eigenvalue weighted by atomic mass is 19.1. The number of anilines is 1. The van der Waals surface area contributed by atoms with Gasteiger partial charge in [-0.25, -0.2) is 9.02 Å². The second kappa shape index (κ2) is 6.36. The minimum atomic E-state index is -0.370. The van der Waals surface area contributed by atoms with Gasteiger partial charge < -0.3 is 5.73 Å². The summed E-state index contributed by atoms with van der Waals surface area (Å²) in [5, 5.41) is 23.0. The van der Waals surface area contributed by atoms with E-state index in [-0.39, 0.29) is 17.5 Å². The standard InChI is InChI=1S/C14H13FN8O/c1-8(18-17-7-10-5-3-4-6-11(10)15)12-9(2)23(22-19-12)14-13(16)20-24-21-14/h3-7H,1-2H3,(H2,16,20)/b17-7-,18-8-. The predicted molar refractivity (Wildman–Crippen MR) is 84.6 cm³/mol. The number of aromatic nitrogens is 5. The summed E-state index contributed by atoms with van der Waals surface area (Å²) in [6.07, 6.45) is 1.33. The molecule has 2 N–H and O–H groups in total. The Kier molecular flexibility index (Phi) is 4.10. The summed E-state index contributed by atoms with van der Waals surface area (Å²) < 4.78 is 19.4. The Labute approximate surface area is 135 Å². The van der Waals surface area contributed by atoms with Gasteiger partial charge in [0.25, 0.3) is 0 Å². The summed E-state index contributed by atoms with van der Waals surface area (Å²) in [5.74, 6) is -0.0270. The zero-order chi connectivity index (χ0) is 17.1. The summed E-state index contributed by atoms with van der Waals surface area (Å²) in [5.41, 5.74) is 7.63. The molecule has 3 rings (SSSR count). The average molecular weight is 328 g/mol. The molecule has 3 aromatic rings. The molecule has 0 unspecified atom stereocenters. The van der Waals surface area contributed by atoms with Crippen LogP contribution in [0.5, 0.6) is 0 Å². The SMILES string of the molecule is C/C(=N/N=C\c1ccccc1F)c1nnn(-c2nonc2N)c1C. The van der Waals surface area contributed by atoms with Crippen LogP contribution in [0.1, 0.15) is 23.9 Å². The van der Waals surface area contributed by atoms with Gasteiger partial charge in [0.2, 0.25) is 11.6 Å². The van der Waals surface area contributed by atoms with Crippen molar-refractivity contribution in [1.82, 2.24) is 25.3 Å². The quantitative estimate of drug-likeness (QED) is 0.572. The number of benzene rings is 1. The highest BCUT2D eigenvalue weighted by Gasteiger charge is 2.17. The molecule has 122 valence electrons. The van der Waals surface area contributed by atoms with Crippen LogP contribution < -0.4 is 5.73 Å². The van der Waals surface area contributed by atoms with Crippen molar-refractivity contribution in [3.63, 3.8) is 0 Å². The topological polar surface area (TPSA) is 120 Å². The molecule has 0 atom stereocenters. The van der Waals surface area contributed by atoms with Gasteiger partial charge in [-0.05, 0) is 30.2 Å². The molecule has 0 fully saturated rings. The normalized spacial score (nSPS) is 12.2. The highest BCUT2D eigenvalue weighted by Crippen LogP contribution is 2.15. The fraction of sp³-hybridized carbons (Fsp3) is 0.143. The van der Waals surface area contributed by atoms with E-state index in [1.54, 1.807) is 32.0 Å². The Hall–Kier alpha value is -3.43. The van der Waals surface area contributed by atoms with Crippen LogP contribution in [0.4, 0.5) is 10.2 Å². The average Bonchev–Trinajstić information content (AvgIpc) is 3.14. The molecule has 0 saturated carbocycles. The smallest absolute Gasteiger partial charge is 0.243 e. The molecular formula is C14H13FN8O. The van der Waals surface area contributed by atoms with Gasteiger partial charge in [-0.2, -0.15) is 14.9 Å². The third-order valence-corrected chi connectivity index (χ3v) is 3.24. The number of hydrogen-bond donors (Lipinski definition) is 1. The Balaban J connectivity index is 1.86. The maximum Gasteiger partial charge on any atom is 0.243 e. The minimum absolute atomic E-state index is 0.0988. The van der Waals surface area contributed by atoms with Gasteiger partial charge in [0.05, 0.1) is 17.6 Å². The summed E-state index contributed by atoms with van der Waals surface area (Å²) in [6, 6.07) is 6.27. The fourth-order valence-corrected chi connectivity index (χ4v) is 2.01. The summed E-state index contributed by atoms with van der Waals surface area (Å²) in [6.45, 7) is 3.48. The molecule has 10 heteroatoms. The van der Waals surface area contributed by atoms with Crippen LogP contribution in [-0.2, 0) is 0 Å². The van der Waals surface area contributed by atoms with Crippen LogP contribution in [0.2, 0.25) is 0 Å². The first kappa shape index (κ1) is 15.5. The molecule has 0 saturated heterocycles. The van der Waals surface area contributed by atoms with Crippen molar-refractivity contribution in [1.29, 1.82) is 0 Å². The van der Waals surface area contributed by atoms with Crippen LogP contribution in [0.25, 0.3) is 5.82 Å². The van der Waals surface area contributed by atoms with Crippen molar-refractivity contribution in [2.45, 2.75) is 13.8 Å². The molecular weight excluding hydrogens is 315 g/mol. The van der Waals surface area contributed by atoms with Crippen molar-refractivity contribution < 1.29 is 9.02 Å². The van der Waals surface area contributed by atoms with Crippen LogP contribution in [0.15, 0.2) is 39.1 Å². The lowest BCUT2D eigenvalue weighted by Crippen LogP contribution is -2.04. The van der Waals surface area contributed by atoms with Crippen LogP contribution in [0, 0.1) is 12.7 Å². The molecule has 0 bridgehead atoms. The molecule has 1 aromatic carbocycles. The van der Waals surface area contributed by atoms with Crippen LogP contribution in [-0.4, -0.2) is 37.2 Å². The summed E-state index contributed by atoms with van der Waals surface area (Å²) in [7, 11) is 0. The van der Waals surface area contributed by atoms with E-state index in [0.29, 0.717) is 22.7 Å². The van der Waals surface area contributed by atoms with Crippen molar-refractivity contribution in [2.24, 2.45) is 10.2 Å². The molecule has 2 heterocycles. The second-order valence-corrected chi connectivity index (χ2v) is 4.86. The van der Waals surface area contributed by atoms with E-state index in [0.717, 1.165) is 0 Å². The lowest BCUT2D eigenvalue weighted by atomic mass is 10.2. The van der Waals surface area contributed by atoms with E-state index < -0.39 is 0 Å². The van der Waals surface area contributed by atoms with E-state index in [9.17, 15) is 4.39 Å². The Morgan fingerprint density at radius 1 is 1.33 bits per heavy atom. The molecule has 2 aromatic heterocycles. The second-order valence-electron chi connectivity index (χ2n) is 4.86. The number of rotatable bonds is 4. The van der Waals surface area contributed by atoms with E-state index in [2.05, 4.69) is 35.5 Å². The van der Waals surface area contributed by atoms with Gasteiger partial charge in [-0.3, -0.25) is 0 Å². The Bertz CT molecular complexity index is 927. The molecule has 0 radical (unpaired) electrons. The molecule has 24 heavy (non-hydrogen) atoms. The number of nitrogens with zero attached hydrogens (tertiary/aromatic N) is 7. The lowest BCUT2D eigenvalue weighted by Gasteiger charge is -1.98. The van der Waals surface area contributed by atoms with E-state index >= 15 is 0 Å². The molecule has 0 spiro atoms. The maximum atomic E-state index is 13.5. The molecule has 0 aliphatic rings. The van der Waals surface area contributed by atoms with Gasteiger partial charge in [0.1, 0.15) is 11.5 Å². The van der Waals surface area contributed by atoms with Gasteiger partial charge in [-0.1, -0.05) is 23.4 Å². The highest BCUT2D eigenvalue weighted by molar-refractivity contribution is 5.98. The van der Waals surface area contributed by atoms with E-state index in [1.165, 1.54) is 17.0 Å². The molecule has 0 aliphatic carbocycles. The first-order valence-electron chi connectivity index (χ1n) is 6.91. The largest absolute Gasteiger partial charge is 0.378 e. The van der Waals surface area contributed by atoms with E-state index in [4.69, 9.17) is 5.73 Å². The van der Waals surface area contributed by atoms with Crippen LogP contribution in [0.3, 0.4) is 0 Å². The predicted octanol–water partition coefficient (Wildman–Crippen LogP) is 1.52. The Morgan fingerprint density at radius 3 is 2.83 bits per heavy atom. The third kappa shape index (κ3) is 2.89. The molecule has 0 amide bonds. The molecule has 9 nitrogen and oxygen atoms in total. The first-order chi connectivity index (χ1) is 11.6. The van der Waals surface area contributed by atoms with Gasteiger partial charge in [0.15, 0.2) is 0 Å². The minimum Gasteiger partial charge on any atom is -0.378 e. The first-order valence-corrected chi connectivity index (χ1v) is 6.91. The Morgan fingerprint density at radius 2 is 2.12 bits per heavy atom. The summed E-state index contributed by atoms with van der Waals surface area (Å²) >= 11 is 0. The number of hydrogen-bond acceptors (Lipinski definition) is 8. The molecule has 0 aliphatic heterocycles. The monoisotopic (exact) mass is 328 g/mol. The van der Waals surface area contributed by atoms with Gasteiger partial charge in [0, 0.05) is 5.56 Å². The van der Waals surface area contributed by atoms with Crippen molar-refractivity contribution >= 4 is 17.7 Å². The number of nitrogens with two attached hydrogens (primary N) is 1. The lowest BCUT2D eigenvalue weighted by molar-refractivity contribution is 0.306. The van der Waals surface area contributed by atoms with Crippen molar-refractivity contribution in [3.05, 3.63) is 47.0 Å². The third-order valence-electron chi connectivity index (χ3n) is 3.24. The number of nitrogen functional groups attached to an aromatic ring is 1. The number of halogens is 1. The maximum absolute atomic E-state index is 13.5. The zero-order valence-corrected chi connectivity index (χ0v) is 12.9. The van der Waals surface area contributed by atoms with Gasteiger partial charge >= 0.3 is 0 Å².